The first-order valence-electron chi connectivity index (χ1n) is 19.1. The van der Waals surface area contributed by atoms with E-state index in [4.69, 9.17) is 57.6 Å². The van der Waals surface area contributed by atoms with E-state index in [1.165, 1.54) is 0 Å². The topological polar surface area (TPSA) is 122 Å². The average molecular weight is 802 g/mol. The van der Waals surface area contributed by atoms with E-state index in [-0.39, 0.29) is 0 Å². The van der Waals surface area contributed by atoms with Crippen molar-refractivity contribution in [3.63, 3.8) is 0 Å². The van der Waals surface area contributed by atoms with Crippen molar-refractivity contribution < 1.29 is 42.6 Å². The largest absolute Gasteiger partial charge is 0.497 e. The van der Waals surface area contributed by atoms with Crippen molar-refractivity contribution in [3.05, 3.63) is 72.8 Å². The third-order valence-corrected chi connectivity index (χ3v) is 11.6. The second-order valence-corrected chi connectivity index (χ2v) is 14.2. The summed E-state index contributed by atoms with van der Waals surface area (Å²) in [6, 6.07) is 23.3. The summed E-state index contributed by atoms with van der Waals surface area (Å²) in [5.74, 6) is 4.87. The SMILES string of the molecule is COc1ccc(-c2nc3c(OC)c(OC)c4c(-c5ccc(OC)cc5)nc5c(OC)c(OC)c6c(-c7ccc(OC)cc7)nc7c(OC)c(OC)c2c2c7c6c5c4c32)cc1. The smallest absolute Gasteiger partial charge is 0.187 e. The molecule has 0 atom stereocenters. The molecule has 10 aromatic rings. The molecular weight excluding hydrogens is 763 g/mol. The van der Waals surface area contributed by atoms with Gasteiger partial charge in [0.25, 0.3) is 0 Å². The van der Waals surface area contributed by atoms with E-state index in [1.807, 2.05) is 72.8 Å². The lowest BCUT2D eigenvalue weighted by Crippen LogP contribution is -2.07. The molecule has 3 heterocycles. The zero-order valence-electron chi connectivity index (χ0n) is 34.4. The fourth-order valence-corrected chi connectivity index (χ4v) is 9.08. The summed E-state index contributed by atoms with van der Waals surface area (Å²) in [6.07, 6.45) is 0. The minimum absolute atomic E-state index is 0.443. The quantitative estimate of drug-likeness (QED) is 0.0863. The Morgan fingerprint density at radius 3 is 0.683 bits per heavy atom. The predicted molar refractivity (Wildman–Crippen MR) is 234 cm³/mol. The molecule has 0 spiro atoms. The molecule has 3 aromatic heterocycles. The van der Waals surface area contributed by atoms with Gasteiger partial charge in [0.05, 0.1) is 97.2 Å². The number of methoxy groups -OCH3 is 9. The lowest BCUT2D eigenvalue weighted by Gasteiger charge is -2.28. The molecule has 0 fully saturated rings. The van der Waals surface area contributed by atoms with Crippen LogP contribution in [0.15, 0.2) is 72.8 Å². The fourth-order valence-electron chi connectivity index (χ4n) is 9.08. The maximum absolute atomic E-state index is 6.40. The van der Waals surface area contributed by atoms with Crippen molar-refractivity contribution in [2.75, 3.05) is 64.0 Å². The molecular formula is C48H39N3O9. The number of pyridine rings is 3. The first-order chi connectivity index (χ1) is 29.4. The van der Waals surface area contributed by atoms with Crippen LogP contribution in [-0.2, 0) is 0 Å². The predicted octanol–water partition coefficient (Wildman–Crippen LogP) is 10.2. The summed E-state index contributed by atoms with van der Waals surface area (Å²) in [7, 11) is 14.7. The second-order valence-electron chi connectivity index (χ2n) is 14.2. The zero-order valence-corrected chi connectivity index (χ0v) is 34.4. The van der Waals surface area contributed by atoms with Crippen molar-refractivity contribution in [2.24, 2.45) is 0 Å². The summed E-state index contributed by atoms with van der Waals surface area (Å²) in [6.45, 7) is 0. The van der Waals surface area contributed by atoms with Crippen LogP contribution >= 0.6 is 0 Å². The van der Waals surface area contributed by atoms with Crippen LogP contribution < -0.4 is 42.6 Å². The lowest BCUT2D eigenvalue weighted by atomic mass is 9.82. The molecule has 0 saturated heterocycles. The second kappa shape index (κ2) is 13.8. The standard InChI is InChI=1S/C48H39N3O9/c1-52-25-16-10-22(11-17-25)37-34-28-31-29-33-30-32(28)41(47(59-8)43(34)55-4)50-39(24-14-20-27(54-3)21-15-24)36(30)45(57-6)48(60-9)42(33)51-38(23-12-18-26(53-2)19-13-23)35(29)44(56-5)46(58-7)40(31)49-37/h10-21H,1-9H3. The average Bonchev–Trinajstić information content (AvgIpc) is 3.31. The maximum atomic E-state index is 6.40. The number of nitrogens with zero attached hydrogens (tertiary/aromatic N) is 3. The minimum atomic E-state index is 0.443. The van der Waals surface area contributed by atoms with E-state index in [0.717, 1.165) is 65.2 Å². The van der Waals surface area contributed by atoms with Crippen LogP contribution in [0.4, 0.5) is 0 Å². The fraction of sp³-hybridized carbons (Fsp3) is 0.188. The summed E-state index contributed by atoms with van der Waals surface area (Å²) >= 11 is 0. The summed E-state index contributed by atoms with van der Waals surface area (Å²) in [4.78, 5) is 16.5. The summed E-state index contributed by atoms with van der Waals surface area (Å²) in [5.41, 5.74) is 6.08. The van der Waals surface area contributed by atoms with E-state index >= 15 is 0 Å². The summed E-state index contributed by atoms with van der Waals surface area (Å²) in [5, 5.41) is 7.14. The van der Waals surface area contributed by atoms with Gasteiger partial charge in [-0.25, -0.2) is 15.0 Å². The van der Waals surface area contributed by atoms with Crippen LogP contribution in [0.2, 0.25) is 0 Å². The number of benzene rings is 7. The summed E-state index contributed by atoms with van der Waals surface area (Å²) < 4.78 is 54.9. The van der Waals surface area contributed by atoms with Crippen molar-refractivity contribution in [2.45, 2.75) is 0 Å². The number of ether oxygens (including phenoxy) is 9. The molecule has 60 heavy (non-hydrogen) atoms. The van der Waals surface area contributed by atoms with Gasteiger partial charge in [-0.15, -0.1) is 0 Å². The molecule has 12 heteroatoms. The molecule has 7 aromatic carbocycles. The van der Waals surface area contributed by atoms with Crippen molar-refractivity contribution in [1.82, 2.24) is 15.0 Å². The molecule has 0 aliphatic heterocycles. The van der Waals surface area contributed by atoms with Gasteiger partial charge >= 0.3 is 0 Å². The van der Waals surface area contributed by atoms with Crippen molar-refractivity contribution in [1.29, 1.82) is 0 Å². The monoisotopic (exact) mass is 801 g/mol. The lowest BCUT2D eigenvalue weighted by molar-refractivity contribution is 0.360. The highest BCUT2D eigenvalue weighted by atomic mass is 16.5. The third-order valence-electron chi connectivity index (χ3n) is 11.6. The van der Waals surface area contributed by atoms with E-state index < -0.39 is 0 Å². The van der Waals surface area contributed by atoms with Crippen LogP contribution in [-0.4, -0.2) is 78.9 Å². The molecule has 0 unspecified atom stereocenters. The van der Waals surface area contributed by atoms with Gasteiger partial charge in [0.1, 0.15) is 33.8 Å². The molecule has 0 aliphatic carbocycles. The van der Waals surface area contributed by atoms with Gasteiger partial charge in [0.2, 0.25) is 0 Å². The molecule has 0 amide bonds. The molecule has 0 N–H and O–H groups in total. The third kappa shape index (κ3) is 4.81. The first-order valence-corrected chi connectivity index (χ1v) is 19.1. The van der Waals surface area contributed by atoms with Gasteiger partial charge in [-0.05, 0) is 72.8 Å². The first kappa shape index (κ1) is 36.8. The Kier molecular flexibility index (Phi) is 8.49. The molecule has 0 saturated carbocycles. The molecule has 0 radical (unpaired) electrons. The zero-order chi connectivity index (χ0) is 41.6. The van der Waals surface area contributed by atoms with Gasteiger partial charge in [-0.1, -0.05) is 0 Å². The Labute approximate surface area is 344 Å². The maximum Gasteiger partial charge on any atom is 0.187 e. The van der Waals surface area contributed by atoms with Crippen LogP contribution in [0.3, 0.4) is 0 Å². The Balaban J connectivity index is 1.58. The number of aromatic nitrogens is 3. The number of hydrogen-bond acceptors (Lipinski definition) is 12. The Morgan fingerprint density at radius 1 is 0.250 bits per heavy atom. The normalized spacial score (nSPS) is 11.8. The van der Waals surface area contributed by atoms with E-state index in [2.05, 4.69) is 0 Å². The Bertz CT molecular complexity index is 2880. The number of rotatable bonds is 12. The van der Waals surface area contributed by atoms with Gasteiger partial charge < -0.3 is 42.6 Å². The molecule has 10 rings (SSSR count). The van der Waals surface area contributed by atoms with Crippen molar-refractivity contribution in [3.8, 4) is 85.5 Å². The highest BCUT2D eigenvalue weighted by Gasteiger charge is 2.37. The molecule has 0 bridgehead atoms. The minimum Gasteiger partial charge on any atom is -0.497 e. The van der Waals surface area contributed by atoms with Gasteiger partial charge in [-0.3, -0.25) is 0 Å². The van der Waals surface area contributed by atoms with Gasteiger partial charge in [0, 0.05) is 49.0 Å². The van der Waals surface area contributed by atoms with Gasteiger partial charge in [0.15, 0.2) is 34.5 Å². The van der Waals surface area contributed by atoms with Gasteiger partial charge in [-0.2, -0.15) is 0 Å². The van der Waals surface area contributed by atoms with Crippen LogP contribution in [0.25, 0.3) is 98.8 Å². The van der Waals surface area contributed by atoms with Crippen molar-refractivity contribution >= 4 is 65.0 Å². The molecule has 300 valence electrons. The Morgan fingerprint density at radius 2 is 0.483 bits per heavy atom. The Hall–Kier alpha value is -7.47. The van der Waals surface area contributed by atoms with Crippen LogP contribution in [0, 0.1) is 0 Å². The van der Waals surface area contributed by atoms with E-state index in [0.29, 0.717) is 85.4 Å². The molecule has 0 aliphatic rings. The van der Waals surface area contributed by atoms with Crippen LogP contribution in [0.1, 0.15) is 0 Å². The van der Waals surface area contributed by atoms with Crippen LogP contribution in [0.5, 0.6) is 51.7 Å². The number of hydrogen-bond donors (Lipinski definition) is 0. The molecule has 12 nitrogen and oxygen atoms in total. The highest BCUT2D eigenvalue weighted by Crippen LogP contribution is 2.62. The van der Waals surface area contributed by atoms with E-state index in [1.54, 1.807) is 64.0 Å². The van der Waals surface area contributed by atoms with E-state index in [9.17, 15) is 0 Å². The highest BCUT2D eigenvalue weighted by molar-refractivity contribution is 6.48.